The van der Waals surface area contributed by atoms with Crippen molar-refractivity contribution in [2.75, 3.05) is 31.2 Å². The van der Waals surface area contributed by atoms with E-state index in [0.717, 1.165) is 47.2 Å². The van der Waals surface area contributed by atoms with Crippen LogP contribution in [-0.2, 0) is 10.0 Å². The molecule has 0 saturated carbocycles. The number of aryl methyl sites for hydroxylation is 1. The molecular formula is C26H32N4O3S. The number of aromatic nitrogens is 1. The van der Waals surface area contributed by atoms with Crippen molar-refractivity contribution in [3.8, 4) is 0 Å². The number of nitrogens with zero attached hydrogens (tertiary/aromatic N) is 2. The topological polar surface area (TPSA) is 91.4 Å². The number of fused-ring (bicyclic) bond motifs is 1. The predicted octanol–water partition coefficient (Wildman–Crippen LogP) is 4.12. The first-order valence-corrected chi connectivity index (χ1v) is 13.5. The number of carbonyl (C=O) groups excluding carboxylic acids is 1. The Morgan fingerprint density at radius 1 is 1.12 bits per heavy atom. The van der Waals surface area contributed by atoms with E-state index in [1.54, 1.807) is 4.31 Å². The lowest BCUT2D eigenvalue weighted by Gasteiger charge is -2.30. The summed E-state index contributed by atoms with van der Waals surface area (Å²) in [6.45, 7) is 5.77. The molecule has 1 aliphatic heterocycles. The number of carbonyl (C=O) groups is 1. The number of amides is 1. The summed E-state index contributed by atoms with van der Waals surface area (Å²) in [5.74, 6) is 1.04. The van der Waals surface area contributed by atoms with Crippen molar-refractivity contribution in [2.24, 2.45) is 5.92 Å². The van der Waals surface area contributed by atoms with Gasteiger partial charge in [0.2, 0.25) is 10.0 Å². The quantitative estimate of drug-likeness (QED) is 0.531. The van der Waals surface area contributed by atoms with Crippen LogP contribution in [0.5, 0.6) is 0 Å². The van der Waals surface area contributed by atoms with Crippen LogP contribution < -0.4 is 10.6 Å². The van der Waals surface area contributed by atoms with Crippen molar-refractivity contribution in [2.45, 2.75) is 32.7 Å². The third-order valence-electron chi connectivity index (χ3n) is 6.57. The second-order valence-corrected chi connectivity index (χ2v) is 11.1. The number of piperidine rings is 1. The highest BCUT2D eigenvalue weighted by Crippen LogP contribution is 2.27. The molecule has 2 aromatic carbocycles. The normalized spacial score (nSPS) is 16.3. The van der Waals surface area contributed by atoms with Crippen molar-refractivity contribution in [3.63, 3.8) is 0 Å². The highest BCUT2D eigenvalue weighted by Gasteiger charge is 2.25. The van der Waals surface area contributed by atoms with E-state index in [-0.39, 0.29) is 11.9 Å². The Bertz CT molecular complexity index is 1280. The van der Waals surface area contributed by atoms with Crippen molar-refractivity contribution in [1.82, 2.24) is 14.6 Å². The molecule has 0 aliphatic carbocycles. The molecule has 34 heavy (non-hydrogen) atoms. The van der Waals surface area contributed by atoms with Crippen LogP contribution in [0.4, 0.5) is 5.82 Å². The number of rotatable bonds is 7. The minimum Gasteiger partial charge on any atom is -0.370 e. The van der Waals surface area contributed by atoms with Gasteiger partial charge in [-0.2, -0.15) is 0 Å². The van der Waals surface area contributed by atoms with Gasteiger partial charge in [-0.15, -0.1) is 0 Å². The van der Waals surface area contributed by atoms with Crippen molar-refractivity contribution >= 4 is 32.7 Å². The first-order chi connectivity index (χ1) is 16.2. The van der Waals surface area contributed by atoms with Crippen LogP contribution in [0.1, 0.15) is 47.3 Å². The summed E-state index contributed by atoms with van der Waals surface area (Å²) in [5.41, 5.74) is 3.48. The lowest BCUT2D eigenvalue weighted by Crippen LogP contribution is -2.39. The summed E-state index contributed by atoms with van der Waals surface area (Å²) in [7, 11) is -3.12. The van der Waals surface area contributed by atoms with E-state index in [2.05, 4.69) is 10.6 Å². The van der Waals surface area contributed by atoms with Crippen LogP contribution in [0.25, 0.3) is 10.9 Å². The lowest BCUT2D eigenvalue weighted by atomic mass is 9.98. The van der Waals surface area contributed by atoms with Crippen LogP contribution in [0.15, 0.2) is 54.6 Å². The van der Waals surface area contributed by atoms with Gasteiger partial charge in [0.05, 0.1) is 17.8 Å². The monoisotopic (exact) mass is 480 g/mol. The number of para-hydroxylation sites is 1. The average Bonchev–Trinajstić information content (AvgIpc) is 2.82. The van der Waals surface area contributed by atoms with E-state index >= 15 is 0 Å². The molecule has 0 radical (unpaired) electrons. The fourth-order valence-electron chi connectivity index (χ4n) is 4.52. The van der Waals surface area contributed by atoms with Crippen LogP contribution in [0.3, 0.4) is 0 Å². The van der Waals surface area contributed by atoms with Gasteiger partial charge in [-0.1, -0.05) is 36.4 Å². The molecule has 4 rings (SSSR count). The second-order valence-electron chi connectivity index (χ2n) is 9.11. The summed E-state index contributed by atoms with van der Waals surface area (Å²) >= 11 is 0. The first kappa shape index (κ1) is 24.2. The van der Waals surface area contributed by atoms with Gasteiger partial charge < -0.3 is 10.6 Å². The Morgan fingerprint density at radius 3 is 2.50 bits per heavy atom. The fraction of sp³-hybridized carbons (Fsp3) is 0.385. The molecule has 3 aromatic rings. The van der Waals surface area contributed by atoms with Gasteiger partial charge in [0.25, 0.3) is 5.91 Å². The van der Waals surface area contributed by atoms with Crippen LogP contribution in [-0.4, -0.2) is 49.5 Å². The second kappa shape index (κ2) is 10.1. The van der Waals surface area contributed by atoms with E-state index in [4.69, 9.17) is 4.98 Å². The van der Waals surface area contributed by atoms with E-state index in [0.29, 0.717) is 24.6 Å². The Kier molecular flexibility index (Phi) is 7.19. The van der Waals surface area contributed by atoms with Gasteiger partial charge in [0.1, 0.15) is 5.82 Å². The van der Waals surface area contributed by atoms with Crippen LogP contribution in [0, 0.1) is 12.8 Å². The number of pyridine rings is 1. The molecular weight excluding hydrogens is 448 g/mol. The predicted molar refractivity (Wildman–Crippen MR) is 136 cm³/mol. The summed E-state index contributed by atoms with van der Waals surface area (Å²) in [5, 5.41) is 7.60. The van der Waals surface area contributed by atoms with Crippen LogP contribution >= 0.6 is 0 Å². The molecule has 1 amide bonds. The van der Waals surface area contributed by atoms with Gasteiger partial charge >= 0.3 is 0 Å². The minimum absolute atomic E-state index is 0.0985. The Morgan fingerprint density at radius 2 is 1.79 bits per heavy atom. The molecule has 0 spiro atoms. The maximum Gasteiger partial charge on any atom is 0.252 e. The SMILES string of the molecule is Cc1ccccc1C(=O)NC(C)c1cc(NCC2CCN(S(C)(=O)=O)CC2)nc2ccccc12. The molecule has 1 saturated heterocycles. The molecule has 0 bridgehead atoms. The highest BCUT2D eigenvalue weighted by atomic mass is 32.2. The Hall–Kier alpha value is -2.97. The van der Waals surface area contributed by atoms with Crippen molar-refractivity contribution < 1.29 is 13.2 Å². The molecule has 1 atom stereocenters. The first-order valence-electron chi connectivity index (χ1n) is 11.7. The Labute approximate surface area is 201 Å². The molecule has 180 valence electrons. The lowest BCUT2D eigenvalue weighted by molar-refractivity contribution is 0.0939. The number of hydrogen-bond acceptors (Lipinski definition) is 5. The summed E-state index contributed by atoms with van der Waals surface area (Å²) in [6.07, 6.45) is 2.91. The third-order valence-corrected chi connectivity index (χ3v) is 7.87. The van der Waals surface area contributed by atoms with E-state index < -0.39 is 10.0 Å². The third kappa shape index (κ3) is 5.56. The van der Waals surface area contributed by atoms with E-state index in [1.165, 1.54) is 6.26 Å². The van der Waals surface area contributed by atoms with E-state index in [1.807, 2.05) is 68.4 Å². The highest BCUT2D eigenvalue weighted by molar-refractivity contribution is 7.88. The zero-order valence-corrected chi connectivity index (χ0v) is 20.7. The standard InChI is InChI=1S/C26H32N4O3S/c1-18-8-4-5-9-21(18)26(31)28-19(2)23-16-25(29-24-11-7-6-10-22(23)24)27-17-20-12-14-30(15-13-20)34(3,32)33/h4-11,16,19-20H,12-15,17H2,1-3H3,(H,27,29)(H,28,31). The molecule has 1 aromatic heterocycles. The molecule has 1 aliphatic rings. The molecule has 8 heteroatoms. The van der Waals surface area contributed by atoms with Gasteiger partial charge in [-0.25, -0.2) is 17.7 Å². The zero-order chi connectivity index (χ0) is 24.3. The number of nitrogens with one attached hydrogen (secondary N) is 2. The molecule has 2 N–H and O–H groups in total. The van der Waals surface area contributed by atoms with Gasteiger partial charge in [-0.05, 0) is 61.9 Å². The summed E-state index contributed by atoms with van der Waals surface area (Å²) < 4.78 is 25.1. The molecule has 2 heterocycles. The number of anilines is 1. The molecule has 7 nitrogen and oxygen atoms in total. The maximum absolute atomic E-state index is 12.9. The summed E-state index contributed by atoms with van der Waals surface area (Å²) in [6, 6.07) is 17.3. The van der Waals surface area contributed by atoms with Gasteiger partial charge in [0, 0.05) is 30.6 Å². The zero-order valence-electron chi connectivity index (χ0n) is 19.9. The number of sulfonamides is 1. The Balaban J connectivity index is 1.49. The van der Waals surface area contributed by atoms with Crippen molar-refractivity contribution in [3.05, 3.63) is 71.3 Å². The smallest absolute Gasteiger partial charge is 0.252 e. The van der Waals surface area contributed by atoms with Crippen molar-refractivity contribution in [1.29, 1.82) is 0 Å². The largest absolute Gasteiger partial charge is 0.370 e. The number of benzene rings is 2. The maximum atomic E-state index is 12.9. The fourth-order valence-corrected chi connectivity index (χ4v) is 5.40. The minimum atomic E-state index is -3.12. The van der Waals surface area contributed by atoms with Gasteiger partial charge in [0.15, 0.2) is 0 Å². The average molecular weight is 481 g/mol. The molecule has 1 unspecified atom stereocenters. The van der Waals surface area contributed by atoms with E-state index in [9.17, 15) is 13.2 Å². The summed E-state index contributed by atoms with van der Waals surface area (Å²) in [4.78, 5) is 17.7. The van der Waals surface area contributed by atoms with Crippen LogP contribution in [0.2, 0.25) is 0 Å². The molecule has 1 fully saturated rings. The van der Waals surface area contributed by atoms with Gasteiger partial charge in [-0.3, -0.25) is 4.79 Å². The number of hydrogen-bond donors (Lipinski definition) is 2.